The van der Waals surface area contributed by atoms with E-state index in [-0.39, 0.29) is 12.5 Å². The molecule has 1 unspecified atom stereocenters. The maximum atomic E-state index is 11.4. The molecule has 17 heavy (non-hydrogen) atoms. The third-order valence-corrected chi connectivity index (χ3v) is 1.74. The summed E-state index contributed by atoms with van der Waals surface area (Å²) in [5.41, 5.74) is 6.40. The van der Waals surface area contributed by atoms with Crippen LogP contribution in [0.4, 0.5) is 0 Å². The van der Waals surface area contributed by atoms with Gasteiger partial charge in [0.05, 0.1) is 6.61 Å². The molecule has 0 aromatic rings. The summed E-state index contributed by atoms with van der Waals surface area (Å²) in [5, 5.41) is 2.67. The van der Waals surface area contributed by atoms with E-state index in [4.69, 9.17) is 10.5 Å². The van der Waals surface area contributed by atoms with Crippen molar-refractivity contribution in [1.29, 1.82) is 0 Å². The lowest BCUT2D eigenvalue weighted by atomic mass is 10.2. The monoisotopic (exact) mass is 240 g/mol. The summed E-state index contributed by atoms with van der Waals surface area (Å²) in [7, 11) is 1.50. The van der Waals surface area contributed by atoms with Crippen molar-refractivity contribution in [3.8, 4) is 0 Å². The van der Waals surface area contributed by atoms with Gasteiger partial charge < -0.3 is 15.8 Å². The molecule has 0 aromatic carbocycles. The molecule has 1 amide bonds. The van der Waals surface area contributed by atoms with E-state index in [0.717, 1.165) is 5.57 Å². The molecule has 0 saturated heterocycles. The van der Waals surface area contributed by atoms with Crippen molar-refractivity contribution in [3.63, 3.8) is 0 Å². The van der Waals surface area contributed by atoms with E-state index < -0.39 is 6.04 Å². The van der Waals surface area contributed by atoms with E-state index in [1.54, 1.807) is 18.2 Å². The fourth-order valence-corrected chi connectivity index (χ4v) is 0.926. The Morgan fingerprint density at radius 2 is 2.06 bits per heavy atom. The number of amides is 1. The number of nitrogens with two attached hydrogens (primary N) is 1. The second-order valence-corrected chi connectivity index (χ2v) is 2.96. The number of ether oxygens (including phenoxy) is 1. The lowest BCUT2D eigenvalue weighted by molar-refractivity contribution is -0.123. The van der Waals surface area contributed by atoms with E-state index in [2.05, 4.69) is 18.5 Å². The highest BCUT2D eigenvalue weighted by atomic mass is 16.5. The molecule has 3 N–H and O–H groups in total. The minimum absolute atomic E-state index is 0.209. The van der Waals surface area contributed by atoms with Crippen LogP contribution < -0.4 is 11.1 Å². The van der Waals surface area contributed by atoms with Gasteiger partial charge in [-0.05, 0) is 5.57 Å². The Bertz CT molecular complexity index is 260. The maximum absolute atomic E-state index is 11.4. The van der Waals surface area contributed by atoms with E-state index in [1.807, 2.05) is 13.8 Å². The third kappa shape index (κ3) is 9.53. The molecule has 0 fully saturated rings. The molecule has 0 aliphatic heterocycles. The van der Waals surface area contributed by atoms with Crippen LogP contribution in [0, 0.1) is 0 Å². The van der Waals surface area contributed by atoms with Crippen LogP contribution in [0.25, 0.3) is 0 Å². The second-order valence-electron chi connectivity index (χ2n) is 2.96. The first-order chi connectivity index (χ1) is 8.15. The largest absolute Gasteiger partial charge is 0.383 e. The molecule has 0 spiro atoms. The molecule has 0 radical (unpaired) electrons. The summed E-state index contributed by atoms with van der Waals surface area (Å²) >= 11 is 0. The molecular formula is C13H24N2O2. The summed E-state index contributed by atoms with van der Waals surface area (Å²) in [4.78, 5) is 11.4. The van der Waals surface area contributed by atoms with Gasteiger partial charge >= 0.3 is 0 Å². The number of nitrogens with one attached hydrogen (secondary N) is 1. The molecule has 0 aliphatic rings. The zero-order valence-electron chi connectivity index (χ0n) is 11.0. The van der Waals surface area contributed by atoms with Crippen molar-refractivity contribution in [3.05, 3.63) is 37.0 Å². The first kappa shape index (κ1) is 18.0. The minimum Gasteiger partial charge on any atom is -0.383 e. The van der Waals surface area contributed by atoms with Crippen LogP contribution in [0.5, 0.6) is 0 Å². The molecule has 98 valence electrons. The maximum Gasteiger partial charge on any atom is 0.239 e. The fourth-order valence-electron chi connectivity index (χ4n) is 0.926. The van der Waals surface area contributed by atoms with Gasteiger partial charge in [0.1, 0.15) is 6.04 Å². The summed E-state index contributed by atoms with van der Waals surface area (Å²) in [6, 6.07) is -0.634. The molecule has 0 saturated carbocycles. The van der Waals surface area contributed by atoms with Crippen molar-refractivity contribution in [1.82, 2.24) is 5.32 Å². The zero-order valence-corrected chi connectivity index (χ0v) is 11.0. The third-order valence-electron chi connectivity index (χ3n) is 1.74. The number of hydrogen-bond donors (Lipinski definition) is 2. The van der Waals surface area contributed by atoms with E-state index in [9.17, 15) is 4.79 Å². The highest BCUT2D eigenvalue weighted by Gasteiger charge is 2.11. The molecule has 0 bridgehead atoms. The first-order valence-corrected chi connectivity index (χ1v) is 5.62. The van der Waals surface area contributed by atoms with Gasteiger partial charge in [0.2, 0.25) is 5.91 Å². The molecule has 0 aromatic heterocycles. The van der Waals surface area contributed by atoms with Crippen LogP contribution in [-0.2, 0) is 9.53 Å². The first-order valence-electron chi connectivity index (χ1n) is 5.62. The minimum atomic E-state index is -0.634. The Kier molecular flexibility index (Phi) is 13.4. The number of allylic oxidation sites excluding steroid dienone is 2. The highest BCUT2D eigenvalue weighted by molar-refractivity contribution is 5.81. The Balaban J connectivity index is 0. The van der Waals surface area contributed by atoms with Crippen molar-refractivity contribution < 1.29 is 9.53 Å². The van der Waals surface area contributed by atoms with Gasteiger partial charge in [-0.1, -0.05) is 45.2 Å². The predicted molar refractivity (Wildman–Crippen MR) is 72.7 cm³/mol. The van der Waals surface area contributed by atoms with Crippen LogP contribution >= 0.6 is 0 Å². The highest BCUT2D eigenvalue weighted by Crippen LogP contribution is 1.93. The molecule has 0 aliphatic carbocycles. The normalized spacial score (nSPS) is 11.9. The number of carbonyl (C=O) groups is 1. The fraction of sp³-hybridized carbons (Fsp3) is 0.462. The Morgan fingerprint density at radius 3 is 2.47 bits per heavy atom. The SMILES string of the molecule is C=C/C=C(\C=C)CNC(=O)C(N)COC.CC. The average Bonchev–Trinajstić information content (AvgIpc) is 2.36. The van der Waals surface area contributed by atoms with Crippen LogP contribution in [0.15, 0.2) is 37.0 Å². The van der Waals surface area contributed by atoms with Gasteiger partial charge in [-0.3, -0.25) is 4.79 Å². The van der Waals surface area contributed by atoms with Gasteiger partial charge in [0.15, 0.2) is 0 Å². The summed E-state index contributed by atoms with van der Waals surface area (Å²) < 4.78 is 4.77. The molecule has 4 heteroatoms. The number of hydrogen-bond acceptors (Lipinski definition) is 3. The van der Waals surface area contributed by atoms with Gasteiger partial charge in [-0.25, -0.2) is 0 Å². The number of carbonyl (C=O) groups excluding carboxylic acids is 1. The second kappa shape index (κ2) is 12.7. The van der Waals surface area contributed by atoms with Crippen molar-refractivity contribution >= 4 is 5.91 Å². The molecule has 0 rings (SSSR count). The summed E-state index contributed by atoms with van der Waals surface area (Å²) in [6.45, 7) is 11.8. The average molecular weight is 240 g/mol. The van der Waals surface area contributed by atoms with Crippen LogP contribution in [0.2, 0.25) is 0 Å². The van der Waals surface area contributed by atoms with Gasteiger partial charge in [-0.2, -0.15) is 0 Å². The molecule has 4 nitrogen and oxygen atoms in total. The van der Waals surface area contributed by atoms with Crippen molar-refractivity contribution in [2.45, 2.75) is 19.9 Å². The Labute approximate surface area is 104 Å². The van der Waals surface area contributed by atoms with Gasteiger partial charge in [0, 0.05) is 13.7 Å². The molecule has 0 heterocycles. The molecular weight excluding hydrogens is 216 g/mol. The molecule has 1 atom stereocenters. The lowest BCUT2D eigenvalue weighted by Gasteiger charge is -2.11. The topological polar surface area (TPSA) is 64.4 Å². The van der Waals surface area contributed by atoms with Crippen LogP contribution in [-0.4, -0.2) is 32.2 Å². The standard InChI is InChI=1S/C11H18N2O2.C2H6/c1-4-6-9(5-2)7-13-11(14)10(12)8-15-3;1-2/h4-6,10H,1-2,7-8,12H2,3H3,(H,13,14);1-2H3/b9-6+;. The van der Waals surface area contributed by atoms with Crippen molar-refractivity contribution in [2.24, 2.45) is 5.73 Å². The Hall–Kier alpha value is -1.39. The summed E-state index contributed by atoms with van der Waals surface area (Å²) in [6.07, 6.45) is 5.07. The predicted octanol–water partition coefficient (Wildman–Crippen LogP) is 1.40. The smallest absolute Gasteiger partial charge is 0.239 e. The van der Waals surface area contributed by atoms with Crippen molar-refractivity contribution in [2.75, 3.05) is 20.3 Å². The lowest BCUT2D eigenvalue weighted by Crippen LogP contribution is -2.43. The van der Waals surface area contributed by atoms with E-state index in [1.165, 1.54) is 7.11 Å². The van der Waals surface area contributed by atoms with Crippen LogP contribution in [0.3, 0.4) is 0 Å². The van der Waals surface area contributed by atoms with Gasteiger partial charge in [-0.15, -0.1) is 0 Å². The summed E-state index contributed by atoms with van der Waals surface area (Å²) in [5.74, 6) is -0.242. The Morgan fingerprint density at radius 1 is 1.47 bits per heavy atom. The quantitative estimate of drug-likeness (QED) is 0.661. The van der Waals surface area contributed by atoms with Gasteiger partial charge in [0.25, 0.3) is 0 Å². The zero-order chi connectivity index (χ0) is 13.7. The van der Waals surface area contributed by atoms with E-state index in [0.29, 0.717) is 6.54 Å². The number of methoxy groups -OCH3 is 1. The number of rotatable bonds is 7. The van der Waals surface area contributed by atoms with E-state index >= 15 is 0 Å². The van der Waals surface area contributed by atoms with Crippen LogP contribution in [0.1, 0.15) is 13.8 Å².